The van der Waals surface area contributed by atoms with E-state index < -0.39 is 0 Å². The van der Waals surface area contributed by atoms with Gasteiger partial charge in [0.2, 0.25) is 0 Å². The van der Waals surface area contributed by atoms with Gasteiger partial charge in [-0.2, -0.15) is 0 Å². The number of aromatic nitrogens is 1. The highest BCUT2D eigenvalue weighted by Crippen LogP contribution is 2.36. The zero-order valence-electron chi connectivity index (χ0n) is 15.7. The number of amides is 1. The minimum absolute atomic E-state index is 0.285. The molecule has 0 bridgehead atoms. The predicted octanol–water partition coefficient (Wildman–Crippen LogP) is 5.89. The van der Waals surface area contributed by atoms with Crippen LogP contribution in [0.25, 0.3) is 20.8 Å². The molecular weight excluding hydrogens is 408 g/mol. The molecule has 7 heteroatoms. The molecule has 3 aromatic carbocycles. The van der Waals surface area contributed by atoms with E-state index in [1.807, 2.05) is 24.3 Å². The maximum Gasteiger partial charge on any atom is 0.255 e. The van der Waals surface area contributed by atoms with Crippen LogP contribution in [0.2, 0.25) is 5.02 Å². The summed E-state index contributed by atoms with van der Waals surface area (Å²) in [4.78, 5) is 17.6. The molecule has 0 fully saturated rings. The molecule has 0 unspecified atom stereocenters. The number of methoxy groups -OCH3 is 2. The van der Waals surface area contributed by atoms with Gasteiger partial charge in [-0.15, -0.1) is 11.3 Å². The van der Waals surface area contributed by atoms with Crippen molar-refractivity contribution in [3.05, 3.63) is 71.2 Å². The molecule has 1 aromatic heterocycles. The second-order valence-electron chi connectivity index (χ2n) is 6.23. The Balaban J connectivity index is 1.72. The van der Waals surface area contributed by atoms with Crippen LogP contribution in [0.4, 0.5) is 5.69 Å². The van der Waals surface area contributed by atoms with Crippen LogP contribution < -0.4 is 14.8 Å². The van der Waals surface area contributed by atoms with Crippen LogP contribution >= 0.6 is 22.9 Å². The molecule has 5 nitrogen and oxygen atoms in total. The third-order valence-electron chi connectivity index (χ3n) is 4.37. The summed E-state index contributed by atoms with van der Waals surface area (Å²) in [5, 5.41) is 4.31. The van der Waals surface area contributed by atoms with E-state index in [1.165, 1.54) is 0 Å². The molecule has 0 atom stereocenters. The lowest BCUT2D eigenvalue weighted by Gasteiger charge is -2.12. The number of nitrogens with one attached hydrogen (secondary N) is 1. The maximum absolute atomic E-state index is 12.9. The lowest BCUT2D eigenvalue weighted by Crippen LogP contribution is -2.13. The average Bonchev–Trinajstić information content (AvgIpc) is 3.18. The van der Waals surface area contributed by atoms with Crippen molar-refractivity contribution in [2.24, 2.45) is 0 Å². The fourth-order valence-corrected chi connectivity index (χ4v) is 4.09. The number of anilines is 1. The quantitative estimate of drug-likeness (QED) is 0.434. The molecule has 0 spiro atoms. The molecule has 1 heterocycles. The fraction of sp³-hybridized carbons (Fsp3) is 0.0909. The average molecular weight is 425 g/mol. The SMILES string of the molecule is COc1cc(OC)cc(C(=O)Nc2ccc(Cl)cc2-c2nc3ccccc3s2)c1. The van der Waals surface area contributed by atoms with Crippen molar-refractivity contribution in [1.82, 2.24) is 4.98 Å². The number of rotatable bonds is 5. The third kappa shape index (κ3) is 4.04. The van der Waals surface area contributed by atoms with E-state index in [9.17, 15) is 4.79 Å². The summed E-state index contributed by atoms with van der Waals surface area (Å²) in [5.41, 5.74) is 2.72. The lowest BCUT2D eigenvalue weighted by molar-refractivity contribution is 0.102. The number of benzene rings is 3. The minimum atomic E-state index is -0.285. The minimum Gasteiger partial charge on any atom is -0.497 e. The summed E-state index contributed by atoms with van der Waals surface area (Å²) >= 11 is 7.78. The number of para-hydroxylation sites is 1. The number of hydrogen-bond donors (Lipinski definition) is 1. The number of halogens is 1. The van der Waals surface area contributed by atoms with E-state index in [0.29, 0.717) is 27.8 Å². The van der Waals surface area contributed by atoms with Gasteiger partial charge < -0.3 is 14.8 Å². The number of carbonyl (C=O) groups is 1. The third-order valence-corrected chi connectivity index (χ3v) is 5.67. The van der Waals surface area contributed by atoms with Crippen LogP contribution in [0.5, 0.6) is 11.5 Å². The van der Waals surface area contributed by atoms with E-state index in [-0.39, 0.29) is 5.91 Å². The Labute approximate surface area is 176 Å². The van der Waals surface area contributed by atoms with Gasteiger partial charge in [-0.3, -0.25) is 4.79 Å². The molecule has 1 amide bonds. The molecule has 0 aliphatic carbocycles. The van der Waals surface area contributed by atoms with Crippen molar-refractivity contribution in [3.8, 4) is 22.1 Å². The van der Waals surface area contributed by atoms with Crippen molar-refractivity contribution in [2.45, 2.75) is 0 Å². The van der Waals surface area contributed by atoms with Gasteiger partial charge in [0, 0.05) is 22.2 Å². The van der Waals surface area contributed by atoms with E-state index in [4.69, 9.17) is 21.1 Å². The Morgan fingerprint density at radius 2 is 1.72 bits per heavy atom. The fourth-order valence-electron chi connectivity index (χ4n) is 2.92. The van der Waals surface area contributed by atoms with Gasteiger partial charge in [0.15, 0.2) is 0 Å². The molecule has 0 aliphatic rings. The summed E-state index contributed by atoms with van der Waals surface area (Å²) in [6, 6.07) is 18.2. The van der Waals surface area contributed by atoms with Gasteiger partial charge >= 0.3 is 0 Å². The summed E-state index contributed by atoms with van der Waals surface area (Å²) in [6.45, 7) is 0. The van der Waals surface area contributed by atoms with E-state index in [0.717, 1.165) is 20.8 Å². The van der Waals surface area contributed by atoms with Crippen molar-refractivity contribution in [3.63, 3.8) is 0 Å². The summed E-state index contributed by atoms with van der Waals surface area (Å²) in [7, 11) is 3.09. The summed E-state index contributed by atoms with van der Waals surface area (Å²) in [6.07, 6.45) is 0. The first kappa shape index (κ1) is 19.2. The Morgan fingerprint density at radius 3 is 2.41 bits per heavy atom. The molecular formula is C22H17ClN2O3S. The Morgan fingerprint density at radius 1 is 1.00 bits per heavy atom. The molecule has 4 rings (SSSR count). The molecule has 4 aromatic rings. The van der Waals surface area contributed by atoms with Gasteiger partial charge in [0.1, 0.15) is 16.5 Å². The normalized spacial score (nSPS) is 10.7. The number of fused-ring (bicyclic) bond motifs is 1. The lowest BCUT2D eigenvalue weighted by atomic mass is 10.1. The largest absolute Gasteiger partial charge is 0.497 e. The van der Waals surface area contributed by atoms with Crippen molar-refractivity contribution in [2.75, 3.05) is 19.5 Å². The second-order valence-corrected chi connectivity index (χ2v) is 7.70. The van der Waals surface area contributed by atoms with Gasteiger partial charge in [0.25, 0.3) is 5.91 Å². The molecule has 0 aliphatic heterocycles. The first-order valence-electron chi connectivity index (χ1n) is 8.77. The molecule has 146 valence electrons. The highest BCUT2D eigenvalue weighted by molar-refractivity contribution is 7.21. The van der Waals surface area contributed by atoms with Crippen molar-refractivity contribution in [1.29, 1.82) is 0 Å². The Bertz CT molecular complexity index is 1150. The van der Waals surface area contributed by atoms with Gasteiger partial charge in [-0.1, -0.05) is 23.7 Å². The number of nitrogens with zero attached hydrogens (tertiary/aromatic N) is 1. The van der Waals surface area contributed by atoms with Crippen LogP contribution in [0.3, 0.4) is 0 Å². The highest BCUT2D eigenvalue weighted by Gasteiger charge is 2.16. The standard InChI is InChI=1S/C22H17ClN2O3S/c1-27-15-9-13(10-16(12-15)28-2)21(26)24-18-8-7-14(23)11-17(18)22-25-19-5-3-4-6-20(19)29-22/h3-12H,1-2H3,(H,24,26). The molecule has 0 saturated heterocycles. The number of hydrogen-bond acceptors (Lipinski definition) is 5. The van der Waals surface area contributed by atoms with Gasteiger partial charge in [-0.25, -0.2) is 4.98 Å². The van der Waals surface area contributed by atoms with Crippen LogP contribution in [0.1, 0.15) is 10.4 Å². The summed E-state index contributed by atoms with van der Waals surface area (Å²) < 4.78 is 11.6. The van der Waals surface area contributed by atoms with Crippen LogP contribution in [-0.4, -0.2) is 25.1 Å². The molecule has 0 saturated carbocycles. The van der Waals surface area contributed by atoms with Crippen molar-refractivity contribution >= 4 is 44.7 Å². The second kappa shape index (κ2) is 8.11. The van der Waals surface area contributed by atoms with Crippen LogP contribution in [0.15, 0.2) is 60.7 Å². The number of thiazole rings is 1. The zero-order chi connectivity index (χ0) is 20.4. The van der Waals surface area contributed by atoms with E-state index in [1.54, 1.807) is 62.0 Å². The monoisotopic (exact) mass is 424 g/mol. The summed E-state index contributed by atoms with van der Waals surface area (Å²) in [5.74, 6) is 0.792. The van der Waals surface area contributed by atoms with Crippen LogP contribution in [0, 0.1) is 0 Å². The Hall–Kier alpha value is -3.09. The van der Waals surface area contributed by atoms with Crippen LogP contribution in [-0.2, 0) is 0 Å². The van der Waals surface area contributed by atoms with E-state index >= 15 is 0 Å². The Kier molecular flexibility index (Phi) is 5.38. The molecule has 0 radical (unpaired) electrons. The number of carbonyl (C=O) groups excluding carboxylic acids is 1. The van der Waals surface area contributed by atoms with Gasteiger partial charge in [0.05, 0.1) is 30.1 Å². The first-order valence-corrected chi connectivity index (χ1v) is 9.97. The van der Waals surface area contributed by atoms with Gasteiger partial charge in [-0.05, 0) is 42.5 Å². The maximum atomic E-state index is 12.9. The topological polar surface area (TPSA) is 60.5 Å². The smallest absolute Gasteiger partial charge is 0.255 e. The zero-order valence-corrected chi connectivity index (χ0v) is 17.3. The number of ether oxygens (including phenoxy) is 2. The molecule has 1 N–H and O–H groups in total. The highest BCUT2D eigenvalue weighted by atomic mass is 35.5. The van der Waals surface area contributed by atoms with E-state index in [2.05, 4.69) is 10.3 Å². The predicted molar refractivity (Wildman–Crippen MR) is 118 cm³/mol. The molecule has 29 heavy (non-hydrogen) atoms. The van der Waals surface area contributed by atoms with Crippen molar-refractivity contribution < 1.29 is 14.3 Å². The first-order chi connectivity index (χ1) is 14.1.